The van der Waals surface area contributed by atoms with Crippen molar-refractivity contribution in [2.24, 2.45) is 0 Å². The molecule has 0 fully saturated rings. The van der Waals surface area contributed by atoms with Crippen LogP contribution in [0.25, 0.3) is 0 Å². The Balaban J connectivity index is 2.28. The van der Waals surface area contributed by atoms with Gasteiger partial charge in [-0.1, -0.05) is 18.2 Å². The zero-order valence-electron chi connectivity index (χ0n) is 13.2. The lowest BCUT2D eigenvalue weighted by molar-refractivity contribution is 0.0653. The van der Waals surface area contributed by atoms with Crippen LogP contribution in [-0.4, -0.2) is 56.7 Å². The van der Waals surface area contributed by atoms with Gasteiger partial charge in [-0.2, -0.15) is 0 Å². The summed E-state index contributed by atoms with van der Waals surface area (Å²) in [5.41, 5.74) is 0.291. The molecule has 2 aromatic rings. The van der Waals surface area contributed by atoms with Crippen LogP contribution in [-0.2, 0) is 6.54 Å². The van der Waals surface area contributed by atoms with Crippen LogP contribution in [0.5, 0.6) is 5.75 Å². The van der Waals surface area contributed by atoms with E-state index in [1.54, 1.807) is 6.07 Å². The number of aromatic amines is 1. The van der Waals surface area contributed by atoms with Gasteiger partial charge in [-0.25, -0.2) is 9.78 Å². The highest BCUT2D eigenvalue weighted by atomic mass is 16.5. The van der Waals surface area contributed by atoms with E-state index in [4.69, 9.17) is 9.84 Å². The Morgan fingerprint density at radius 3 is 2.75 bits per heavy atom. The summed E-state index contributed by atoms with van der Waals surface area (Å²) in [5, 5.41) is 18.4. The number of carbonyl (C=O) groups excluding carboxylic acids is 1. The Labute approximate surface area is 138 Å². The number of carboxylic acid groups (broad SMARTS) is 1. The molecule has 8 nitrogen and oxygen atoms in total. The molecule has 128 valence electrons. The number of hydrogen-bond donors (Lipinski definition) is 3. The Morgan fingerprint density at radius 1 is 1.33 bits per heavy atom. The van der Waals surface area contributed by atoms with Gasteiger partial charge in [0.25, 0.3) is 5.91 Å². The molecule has 0 radical (unpaired) electrons. The number of aromatic nitrogens is 2. The number of imidazole rings is 1. The number of carboxylic acids is 1. The largest absolute Gasteiger partial charge is 0.494 e. The zero-order chi connectivity index (χ0) is 17.5. The third-order valence-electron chi connectivity index (χ3n) is 3.35. The molecule has 8 heteroatoms. The van der Waals surface area contributed by atoms with Crippen molar-refractivity contribution in [3.63, 3.8) is 0 Å². The van der Waals surface area contributed by atoms with E-state index in [2.05, 4.69) is 9.97 Å². The van der Waals surface area contributed by atoms with Crippen molar-refractivity contribution in [2.75, 3.05) is 19.8 Å². The number of aliphatic hydroxyl groups is 1. The number of rotatable bonds is 8. The number of aromatic carboxylic acids is 1. The van der Waals surface area contributed by atoms with Crippen molar-refractivity contribution in [3.8, 4) is 5.75 Å². The SMILES string of the molecule is CCOc1ccccc1CN(CCO)C(=O)c1nc[nH]c1C(=O)O. The lowest BCUT2D eigenvalue weighted by Crippen LogP contribution is -2.34. The Kier molecular flexibility index (Phi) is 5.91. The van der Waals surface area contributed by atoms with Crippen molar-refractivity contribution >= 4 is 11.9 Å². The van der Waals surface area contributed by atoms with Crippen molar-refractivity contribution in [3.05, 3.63) is 47.5 Å². The van der Waals surface area contributed by atoms with Crippen molar-refractivity contribution in [2.45, 2.75) is 13.5 Å². The normalized spacial score (nSPS) is 10.4. The number of nitrogens with one attached hydrogen (secondary N) is 1. The molecule has 0 saturated heterocycles. The Bertz CT molecular complexity index is 713. The predicted molar refractivity (Wildman–Crippen MR) is 85.0 cm³/mol. The molecule has 1 amide bonds. The molecular formula is C16H19N3O5. The van der Waals surface area contributed by atoms with Crippen LogP contribution >= 0.6 is 0 Å². The van der Waals surface area contributed by atoms with Crippen molar-refractivity contribution in [1.29, 1.82) is 0 Å². The molecule has 0 spiro atoms. The number of carbonyl (C=O) groups is 2. The van der Waals surface area contributed by atoms with Crippen LogP contribution in [0.2, 0.25) is 0 Å². The molecule has 0 aliphatic heterocycles. The molecule has 1 heterocycles. The highest BCUT2D eigenvalue weighted by molar-refractivity contribution is 6.02. The first-order valence-electron chi connectivity index (χ1n) is 7.46. The molecule has 0 atom stereocenters. The standard InChI is InChI=1S/C16H19N3O5/c1-2-24-12-6-4-3-5-11(12)9-19(7-8-20)15(21)13-14(16(22)23)18-10-17-13/h3-6,10,20H,2,7-9H2,1H3,(H,17,18)(H,22,23). The second-order valence-electron chi connectivity index (χ2n) is 4.92. The minimum Gasteiger partial charge on any atom is -0.494 e. The van der Waals surface area contributed by atoms with E-state index in [9.17, 15) is 14.7 Å². The van der Waals surface area contributed by atoms with Gasteiger partial charge in [0.05, 0.1) is 19.5 Å². The van der Waals surface area contributed by atoms with Crippen LogP contribution in [0.15, 0.2) is 30.6 Å². The fourth-order valence-corrected chi connectivity index (χ4v) is 2.28. The van der Waals surface area contributed by atoms with E-state index in [0.29, 0.717) is 12.4 Å². The third kappa shape index (κ3) is 3.90. The number of nitrogens with zero attached hydrogens (tertiary/aromatic N) is 2. The maximum Gasteiger partial charge on any atom is 0.354 e. The van der Waals surface area contributed by atoms with Gasteiger partial charge in [0.2, 0.25) is 0 Å². The summed E-state index contributed by atoms with van der Waals surface area (Å²) in [5.74, 6) is -1.21. The van der Waals surface area contributed by atoms with E-state index < -0.39 is 11.9 Å². The predicted octanol–water partition coefficient (Wildman–Crippen LogP) is 1.14. The number of ether oxygens (including phenoxy) is 1. The molecular weight excluding hydrogens is 314 g/mol. The summed E-state index contributed by atoms with van der Waals surface area (Å²) in [6, 6.07) is 7.24. The molecule has 0 bridgehead atoms. The van der Waals surface area contributed by atoms with Crippen LogP contribution in [0.4, 0.5) is 0 Å². The van der Waals surface area contributed by atoms with Crippen LogP contribution < -0.4 is 4.74 Å². The topological polar surface area (TPSA) is 116 Å². The summed E-state index contributed by atoms with van der Waals surface area (Å²) >= 11 is 0. The first-order valence-corrected chi connectivity index (χ1v) is 7.46. The molecule has 3 N–H and O–H groups in total. The smallest absolute Gasteiger partial charge is 0.354 e. The first kappa shape index (κ1) is 17.5. The van der Waals surface area contributed by atoms with Crippen LogP contribution in [0, 0.1) is 0 Å². The van der Waals surface area contributed by atoms with Gasteiger partial charge in [-0.05, 0) is 13.0 Å². The van der Waals surface area contributed by atoms with Crippen molar-refractivity contribution in [1.82, 2.24) is 14.9 Å². The Hall–Kier alpha value is -2.87. The second kappa shape index (κ2) is 8.11. The molecule has 0 aliphatic rings. The molecule has 0 unspecified atom stereocenters. The summed E-state index contributed by atoms with van der Waals surface area (Å²) in [4.78, 5) is 31.3. The average molecular weight is 333 g/mol. The maximum atomic E-state index is 12.6. The van der Waals surface area contributed by atoms with Crippen LogP contribution in [0.1, 0.15) is 33.5 Å². The molecule has 24 heavy (non-hydrogen) atoms. The quantitative estimate of drug-likeness (QED) is 0.667. The van der Waals surface area contributed by atoms with E-state index in [-0.39, 0.29) is 31.1 Å². The van der Waals surface area contributed by atoms with Gasteiger partial charge >= 0.3 is 5.97 Å². The second-order valence-corrected chi connectivity index (χ2v) is 4.92. The lowest BCUT2D eigenvalue weighted by atomic mass is 10.1. The third-order valence-corrected chi connectivity index (χ3v) is 3.35. The number of para-hydroxylation sites is 1. The highest BCUT2D eigenvalue weighted by Gasteiger charge is 2.25. The minimum absolute atomic E-state index is 0.0468. The number of hydrogen-bond acceptors (Lipinski definition) is 5. The lowest BCUT2D eigenvalue weighted by Gasteiger charge is -2.22. The monoisotopic (exact) mass is 333 g/mol. The van der Waals surface area contributed by atoms with Crippen molar-refractivity contribution < 1.29 is 24.5 Å². The first-order chi connectivity index (χ1) is 11.6. The summed E-state index contributed by atoms with van der Waals surface area (Å²) in [7, 11) is 0. The minimum atomic E-state index is -1.27. The summed E-state index contributed by atoms with van der Waals surface area (Å²) < 4.78 is 5.53. The number of amides is 1. The van der Waals surface area contributed by atoms with Gasteiger partial charge in [-0.15, -0.1) is 0 Å². The summed E-state index contributed by atoms with van der Waals surface area (Å²) in [6.45, 7) is 2.30. The molecule has 0 aliphatic carbocycles. The maximum absolute atomic E-state index is 12.6. The molecule has 0 saturated carbocycles. The van der Waals surface area contributed by atoms with E-state index >= 15 is 0 Å². The average Bonchev–Trinajstić information content (AvgIpc) is 3.05. The van der Waals surface area contributed by atoms with Gasteiger partial charge < -0.3 is 24.8 Å². The fourth-order valence-electron chi connectivity index (χ4n) is 2.28. The Morgan fingerprint density at radius 2 is 2.08 bits per heavy atom. The van der Waals surface area contributed by atoms with E-state index in [0.717, 1.165) is 11.9 Å². The van der Waals surface area contributed by atoms with Gasteiger partial charge in [-0.3, -0.25) is 4.79 Å². The fraction of sp³-hybridized carbons (Fsp3) is 0.312. The van der Waals surface area contributed by atoms with E-state index in [1.807, 2.05) is 25.1 Å². The molecule has 1 aromatic heterocycles. The van der Waals surface area contributed by atoms with Gasteiger partial charge in [0.15, 0.2) is 11.4 Å². The van der Waals surface area contributed by atoms with Gasteiger partial charge in [0, 0.05) is 18.7 Å². The van der Waals surface area contributed by atoms with E-state index in [1.165, 1.54) is 4.90 Å². The van der Waals surface area contributed by atoms with Crippen LogP contribution in [0.3, 0.4) is 0 Å². The zero-order valence-corrected chi connectivity index (χ0v) is 13.2. The highest BCUT2D eigenvalue weighted by Crippen LogP contribution is 2.21. The number of aliphatic hydroxyl groups excluding tert-OH is 1. The molecule has 2 rings (SSSR count). The number of H-pyrrole nitrogens is 1. The van der Waals surface area contributed by atoms with Gasteiger partial charge in [0.1, 0.15) is 5.75 Å². The molecule has 1 aromatic carbocycles. The number of benzene rings is 1. The summed E-state index contributed by atoms with van der Waals surface area (Å²) in [6.07, 6.45) is 1.15.